The Labute approximate surface area is 128 Å². The molecule has 2 aromatic rings. The van der Waals surface area contributed by atoms with E-state index in [9.17, 15) is 9.59 Å². The zero-order valence-electron chi connectivity index (χ0n) is 12.3. The van der Waals surface area contributed by atoms with Crippen LogP contribution in [0.5, 0.6) is 0 Å². The van der Waals surface area contributed by atoms with Gasteiger partial charge in [-0.05, 0) is 31.9 Å². The van der Waals surface area contributed by atoms with Crippen molar-refractivity contribution in [3.63, 3.8) is 0 Å². The zero-order chi connectivity index (χ0) is 15.5. The summed E-state index contributed by atoms with van der Waals surface area (Å²) in [5, 5.41) is 6.42. The Morgan fingerprint density at radius 1 is 1.36 bits per heavy atom. The van der Waals surface area contributed by atoms with E-state index in [1.165, 1.54) is 0 Å². The largest absolute Gasteiger partial charge is 0.351 e. The summed E-state index contributed by atoms with van der Waals surface area (Å²) in [6.07, 6.45) is 1.46. The number of carbonyl (C=O) groups excluding carboxylic acids is 2. The van der Waals surface area contributed by atoms with E-state index in [0.29, 0.717) is 18.7 Å². The van der Waals surface area contributed by atoms with E-state index in [4.69, 9.17) is 4.52 Å². The Morgan fingerprint density at radius 2 is 2.14 bits per heavy atom. The molecule has 1 aliphatic heterocycles. The van der Waals surface area contributed by atoms with Gasteiger partial charge in [-0.3, -0.25) is 9.59 Å². The number of hydrogen-bond donors (Lipinski definition) is 1. The molecule has 1 N–H and O–H groups in total. The van der Waals surface area contributed by atoms with Crippen LogP contribution in [0.3, 0.4) is 0 Å². The summed E-state index contributed by atoms with van der Waals surface area (Å²) in [6.45, 7) is 2.40. The Balaban J connectivity index is 1.72. The molecule has 0 radical (unpaired) electrons. The van der Waals surface area contributed by atoms with Crippen LogP contribution in [0.1, 0.15) is 29.1 Å². The van der Waals surface area contributed by atoms with Crippen molar-refractivity contribution in [3.8, 4) is 0 Å². The summed E-state index contributed by atoms with van der Waals surface area (Å²) in [5.41, 5.74) is 1.48. The highest BCUT2D eigenvalue weighted by atomic mass is 16.5. The summed E-state index contributed by atoms with van der Waals surface area (Å²) in [6, 6.07) is 10.5. The molecule has 0 saturated carbocycles. The lowest BCUT2D eigenvalue weighted by atomic mass is 10.0. The SMILES string of the molecule is Cc1cc(C(=O)NC2CCCN(c3ccccc3)C2=O)on1. The number of anilines is 1. The summed E-state index contributed by atoms with van der Waals surface area (Å²) in [4.78, 5) is 26.4. The minimum Gasteiger partial charge on any atom is -0.351 e. The van der Waals surface area contributed by atoms with E-state index in [-0.39, 0.29) is 11.7 Å². The molecule has 114 valence electrons. The van der Waals surface area contributed by atoms with Crippen molar-refractivity contribution in [2.75, 3.05) is 11.4 Å². The van der Waals surface area contributed by atoms with Crippen molar-refractivity contribution in [2.45, 2.75) is 25.8 Å². The monoisotopic (exact) mass is 299 g/mol. The highest BCUT2D eigenvalue weighted by Crippen LogP contribution is 2.21. The summed E-state index contributed by atoms with van der Waals surface area (Å²) < 4.78 is 4.93. The quantitative estimate of drug-likeness (QED) is 0.939. The number of hydrogen-bond acceptors (Lipinski definition) is 4. The third-order valence-electron chi connectivity index (χ3n) is 3.66. The minimum atomic E-state index is -0.535. The maximum Gasteiger partial charge on any atom is 0.290 e. The Bertz CT molecular complexity index is 681. The van der Waals surface area contributed by atoms with Crippen LogP contribution in [0.15, 0.2) is 40.9 Å². The number of nitrogens with one attached hydrogen (secondary N) is 1. The smallest absolute Gasteiger partial charge is 0.290 e. The van der Waals surface area contributed by atoms with Gasteiger partial charge in [-0.1, -0.05) is 23.4 Å². The molecule has 0 bridgehead atoms. The van der Waals surface area contributed by atoms with Gasteiger partial charge in [0.05, 0.1) is 5.69 Å². The minimum absolute atomic E-state index is 0.0953. The fourth-order valence-electron chi connectivity index (χ4n) is 2.57. The highest BCUT2D eigenvalue weighted by molar-refractivity contribution is 6.02. The molecular weight excluding hydrogens is 282 g/mol. The number of aromatic nitrogens is 1. The first-order valence-corrected chi connectivity index (χ1v) is 7.26. The van der Waals surface area contributed by atoms with Crippen molar-refractivity contribution in [2.24, 2.45) is 0 Å². The average Bonchev–Trinajstić information content (AvgIpc) is 2.97. The van der Waals surface area contributed by atoms with E-state index < -0.39 is 11.9 Å². The number of aryl methyl sites for hydroxylation is 1. The lowest BCUT2D eigenvalue weighted by Crippen LogP contribution is -2.52. The van der Waals surface area contributed by atoms with E-state index in [0.717, 1.165) is 12.1 Å². The van der Waals surface area contributed by atoms with Crippen LogP contribution >= 0.6 is 0 Å². The van der Waals surface area contributed by atoms with Gasteiger partial charge >= 0.3 is 0 Å². The predicted octanol–water partition coefficient (Wildman–Crippen LogP) is 1.91. The molecule has 2 amide bonds. The first-order chi connectivity index (χ1) is 10.6. The predicted molar refractivity (Wildman–Crippen MR) is 80.5 cm³/mol. The fourth-order valence-corrected chi connectivity index (χ4v) is 2.57. The van der Waals surface area contributed by atoms with E-state index >= 15 is 0 Å². The lowest BCUT2D eigenvalue weighted by molar-refractivity contribution is -0.121. The summed E-state index contributed by atoms with van der Waals surface area (Å²) in [7, 11) is 0. The van der Waals surface area contributed by atoms with Crippen molar-refractivity contribution < 1.29 is 14.1 Å². The third-order valence-corrected chi connectivity index (χ3v) is 3.66. The molecule has 0 spiro atoms. The molecule has 6 heteroatoms. The van der Waals surface area contributed by atoms with Gasteiger partial charge in [0, 0.05) is 18.3 Å². The van der Waals surface area contributed by atoms with Crippen molar-refractivity contribution in [3.05, 3.63) is 47.9 Å². The molecule has 1 fully saturated rings. The fraction of sp³-hybridized carbons (Fsp3) is 0.312. The van der Waals surface area contributed by atoms with E-state index in [1.807, 2.05) is 30.3 Å². The van der Waals surface area contributed by atoms with Gasteiger partial charge in [0.15, 0.2) is 0 Å². The van der Waals surface area contributed by atoms with Crippen molar-refractivity contribution in [1.82, 2.24) is 10.5 Å². The first kappa shape index (κ1) is 14.3. The molecule has 1 aliphatic rings. The average molecular weight is 299 g/mol. The van der Waals surface area contributed by atoms with E-state index in [2.05, 4.69) is 10.5 Å². The Morgan fingerprint density at radius 3 is 2.82 bits per heavy atom. The number of nitrogens with zero attached hydrogens (tertiary/aromatic N) is 2. The molecule has 0 aliphatic carbocycles. The van der Waals surface area contributed by atoms with Crippen molar-refractivity contribution in [1.29, 1.82) is 0 Å². The number of piperidine rings is 1. The molecule has 1 saturated heterocycles. The van der Waals surface area contributed by atoms with Gasteiger partial charge in [0.1, 0.15) is 6.04 Å². The Hall–Kier alpha value is -2.63. The van der Waals surface area contributed by atoms with Crippen LogP contribution in [0, 0.1) is 6.92 Å². The maximum atomic E-state index is 12.6. The number of amides is 2. The van der Waals surface area contributed by atoms with Crippen LogP contribution in [0.2, 0.25) is 0 Å². The second-order valence-electron chi connectivity index (χ2n) is 5.33. The van der Waals surface area contributed by atoms with Gasteiger partial charge < -0.3 is 14.7 Å². The molecule has 22 heavy (non-hydrogen) atoms. The van der Waals surface area contributed by atoms with Crippen molar-refractivity contribution >= 4 is 17.5 Å². The zero-order valence-corrected chi connectivity index (χ0v) is 12.3. The van der Waals surface area contributed by atoms with Gasteiger partial charge in [0.2, 0.25) is 11.7 Å². The molecule has 1 atom stereocenters. The van der Waals surface area contributed by atoms with Crippen LogP contribution in [-0.2, 0) is 4.79 Å². The van der Waals surface area contributed by atoms with Gasteiger partial charge in [-0.15, -0.1) is 0 Å². The molecule has 1 aromatic carbocycles. The maximum absolute atomic E-state index is 12.6. The standard InChI is InChI=1S/C16H17N3O3/c1-11-10-14(22-18-11)15(20)17-13-8-5-9-19(16(13)21)12-6-3-2-4-7-12/h2-4,6-7,10,13H,5,8-9H2,1H3,(H,17,20). The molecule has 3 rings (SSSR count). The second kappa shape index (κ2) is 6.01. The third kappa shape index (κ3) is 2.86. The van der Waals surface area contributed by atoms with Gasteiger partial charge in [0.25, 0.3) is 5.91 Å². The highest BCUT2D eigenvalue weighted by Gasteiger charge is 2.31. The number of para-hydroxylation sites is 1. The number of rotatable bonds is 3. The first-order valence-electron chi connectivity index (χ1n) is 7.26. The van der Waals surface area contributed by atoms with Crippen LogP contribution < -0.4 is 10.2 Å². The molecule has 6 nitrogen and oxygen atoms in total. The summed E-state index contributed by atoms with van der Waals surface area (Å²) in [5.74, 6) is -0.377. The molecule has 2 heterocycles. The van der Waals surface area contributed by atoms with Crippen LogP contribution in [-0.4, -0.2) is 29.6 Å². The lowest BCUT2D eigenvalue weighted by Gasteiger charge is -2.32. The van der Waals surface area contributed by atoms with Crippen LogP contribution in [0.25, 0.3) is 0 Å². The van der Waals surface area contributed by atoms with Gasteiger partial charge in [-0.2, -0.15) is 0 Å². The molecular formula is C16H17N3O3. The van der Waals surface area contributed by atoms with E-state index in [1.54, 1.807) is 17.9 Å². The Kier molecular flexibility index (Phi) is 3.91. The number of benzene rings is 1. The summed E-state index contributed by atoms with van der Waals surface area (Å²) >= 11 is 0. The van der Waals surface area contributed by atoms with Gasteiger partial charge in [-0.25, -0.2) is 0 Å². The number of carbonyl (C=O) groups is 2. The molecule has 1 unspecified atom stereocenters. The normalized spacial score (nSPS) is 18.3. The topological polar surface area (TPSA) is 75.4 Å². The second-order valence-corrected chi connectivity index (χ2v) is 5.33. The van der Waals surface area contributed by atoms with Crippen LogP contribution in [0.4, 0.5) is 5.69 Å². The molecule has 1 aromatic heterocycles.